The summed E-state index contributed by atoms with van der Waals surface area (Å²) in [5.74, 6) is 0. The van der Waals surface area contributed by atoms with Gasteiger partial charge in [0.1, 0.15) is 0 Å². The van der Waals surface area contributed by atoms with Crippen molar-refractivity contribution in [3.8, 4) is 0 Å². The topological polar surface area (TPSA) is 24.1 Å². The van der Waals surface area contributed by atoms with Crippen molar-refractivity contribution in [3.05, 3.63) is 6.92 Å². The molecule has 0 spiro atoms. The van der Waals surface area contributed by atoms with Crippen LogP contribution in [0.25, 0.3) is 0 Å². The molecule has 0 fully saturated rings. The van der Waals surface area contributed by atoms with Gasteiger partial charge in [0.2, 0.25) is 0 Å². The van der Waals surface area contributed by atoms with E-state index in [1.807, 2.05) is 0 Å². The first-order valence-electron chi connectivity index (χ1n) is 4.62. The van der Waals surface area contributed by atoms with Crippen LogP contribution in [0.2, 0.25) is 0 Å². The Labute approximate surface area is 70.8 Å². The summed E-state index contributed by atoms with van der Waals surface area (Å²) >= 11 is 0. The SMILES string of the molecule is [CH2]CCCNCCCNCC. The standard InChI is InChI=1S/C9H21N2/c1-3-5-7-11-9-6-8-10-4-2/h10-11H,1,3-9H2,2H3. The summed E-state index contributed by atoms with van der Waals surface area (Å²) in [6.07, 6.45) is 3.46. The van der Waals surface area contributed by atoms with Gasteiger partial charge in [-0.15, -0.1) is 0 Å². The van der Waals surface area contributed by atoms with Crippen LogP contribution in [0, 0.1) is 6.92 Å². The van der Waals surface area contributed by atoms with E-state index in [1.165, 1.54) is 12.8 Å². The fourth-order valence-electron chi connectivity index (χ4n) is 0.890. The van der Waals surface area contributed by atoms with Crippen molar-refractivity contribution in [2.75, 3.05) is 26.2 Å². The summed E-state index contributed by atoms with van der Waals surface area (Å²) < 4.78 is 0. The smallest absolute Gasteiger partial charge is 0.00368 e. The molecule has 0 bridgehead atoms. The van der Waals surface area contributed by atoms with E-state index >= 15 is 0 Å². The molecule has 67 valence electrons. The van der Waals surface area contributed by atoms with Crippen LogP contribution in [0.1, 0.15) is 26.2 Å². The summed E-state index contributed by atoms with van der Waals surface area (Å²) in [6.45, 7) is 10.4. The van der Waals surface area contributed by atoms with Crippen LogP contribution in [0.5, 0.6) is 0 Å². The van der Waals surface area contributed by atoms with Gasteiger partial charge >= 0.3 is 0 Å². The van der Waals surface area contributed by atoms with Crippen LogP contribution >= 0.6 is 0 Å². The third-order valence-electron chi connectivity index (χ3n) is 1.56. The molecule has 0 saturated carbocycles. The maximum Gasteiger partial charge on any atom is -0.00368 e. The Morgan fingerprint density at radius 3 is 2.27 bits per heavy atom. The van der Waals surface area contributed by atoms with Gasteiger partial charge in [0, 0.05) is 0 Å². The minimum Gasteiger partial charge on any atom is -0.317 e. The van der Waals surface area contributed by atoms with Crippen molar-refractivity contribution in [3.63, 3.8) is 0 Å². The van der Waals surface area contributed by atoms with Crippen molar-refractivity contribution in [2.45, 2.75) is 26.2 Å². The van der Waals surface area contributed by atoms with Crippen LogP contribution in [-0.2, 0) is 0 Å². The number of hydrogen-bond donors (Lipinski definition) is 2. The Hall–Kier alpha value is -0.0800. The van der Waals surface area contributed by atoms with E-state index in [4.69, 9.17) is 0 Å². The van der Waals surface area contributed by atoms with Crippen LogP contribution in [0.4, 0.5) is 0 Å². The lowest BCUT2D eigenvalue weighted by Gasteiger charge is -2.03. The molecule has 0 atom stereocenters. The molecule has 2 heteroatoms. The first kappa shape index (κ1) is 10.9. The lowest BCUT2D eigenvalue weighted by molar-refractivity contribution is 0.594. The molecule has 0 aromatic carbocycles. The maximum absolute atomic E-state index is 3.78. The molecule has 0 aliphatic rings. The van der Waals surface area contributed by atoms with E-state index in [9.17, 15) is 0 Å². The summed E-state index contributed by atoms with van der Waals surface area (Å²) in [7, 11) is 0. The van der Waals surface area contributed by atoms with Gasteiger partial charge in [-0.1, -0.05) is 20.3 Å². The van der Waals surface area contributed by atoms with E-state index in [0.29, 0.717) is 0 Å². The summed E-state index contributed by atoms with van der Waals surface area (Å²) in [4.78, 5) is 0. The van der Waals surface area contributed by atoms with Gasteiger partial charge in [-0.2, -0.15) is 0 Å². The minimum absolute atomic E-state index is 1.04. The molecule has 1 radical (unpaired) electrons. The molecular formula is C9H21N2. The second kappa shape index (κ2) is 9.92. The van der Waals surface area contributed by atoms with Crippen molar-refractivity contribution in [2.24, 2.45) is 0 Å². The Bertz CT molecular complexity index is 56.6. The molecule has 11 heavy (non-hydrogen) atoms. The Morgan fingerprint density at radius 1 is 1.00 bits per heavy atom. The molecule has 0 aliphatic heterocycles. The van der Waals surface area contributed by atoms with Crippen LogP contribution in [0.15, 0.2) is 0 Å². The second-order valence-corrected chi connectivity index (χ2v) is 2.66. The molecular weight excluding hydrogens is 136 g/mol. The first-order chi connectivity index (χ1) is 5.41. The zero-order chi connectivity index (χ0) is 8.36. The van der Waals surface area contributed by atoms with Crippen molar-refractivity contribution in [1.29, 1.82) is 0 Å². The zero-order valence-corrected chi connectivity index (χ0v) is 7.66. The molecule has 0 rings (SSSR count). The molecule has 2 nitrogen and oxygen atoms in total. The number of hydrogen-bond acceptors (Lipinski definition) is 2. The fraction of sp³-hybridized carbons (Fsp3) is 0.889. The molecule has 0 aromatic heterocycles. The van der Waals surface area contributed by atoms with Gasteiger partial charge in [0.15, 0.2) is 0 Å². The van der Waals surface area contributed by atoms with E-state index in [2.05, 4.69) is 24.5 Å². The monoisotopic (exact) mass is 157 g/mol. The van der Waals surface area contributed by atoms with Crippen molar-refractivity contribution in [1.82, 2.24) is 10.6 Å². The van der Waals surface area contributed by atoms with Gasteiger partial charge in [-0.25, -0.2) is 0 Å². The molecule has 0 aromatic rings. The molecule has 0 aliphatic carbocycles. The highest BCUT2D eigenvalue weighted by Crippen LogP contribution is 1.81. The quantitative estimate of drug-likeness (QED) is 0.517. The Balaban J connectivity index is 2.69. The summed E-state index contributed by atoms with van der Waals surface area (Å²) in [5, 5.41) is 6.65. The predicted octanol–water partition coefficient (Wildman–Crippen LogP) is 1.19. The summed E-state index contributed by atoms with van der Waals surface area (Å²) in [6, 6.07) is 0. The van der Waals surface area contributed by atoms with Crippen LogP contribution in [0.3, 0.4) is 0 Å². The van der Waals surface area contributed by atoms with E-state index < -0.39 is 0 Å². The average Bonchev–Trinajstić information content (AvgIpc) is 2.03. The van der Waals surface area contributed by atoms with Gasteiger partial charge in [0.05, 0.1) is 0 Å². The Morgan fingerprint density at radius 2 is 1.64 bits per heavy atom. The normalized spacial score (nSPS) is 10.4. The highest BCUT2D eigenvalue weighted by molar-refractivity contribution is 4.51. The molecule has 2 N–H and O–H groups in total. The third kappa shape index (κ3) is 9.92. The van der Waals surface area contributed by atoms with E-state index in [-0.39, 0.29) is 0 Å². The Kier molecular flexibility index (Phi) is 9.85. The fourth-order valence-corrected chi connectivity index (χ4v) is 0.890. The molecule has 0 amide bonds. The van der Waals surface area contributed by atoms with Crippen LogP contribution < -0.4 is 10.6 Å². The van der Waals surface area contributed by atoms with E-state index in [0.717, 1.165) is 32.6 Å². The van der Waals surface area contributed by atoms with Gasteiger partial charge < -0.3 is 10.6 Å². The lowest BCUT2D eigenvalue weighted by atomic mass is 10.3. The van der Waals surface area contributed by atoms with Gasteiger partial charge in [-0.05, 0) is 39.0 Å². The van der Waals surface area contributed by atoms with Crippen molar-refractivity contribution < 1.29 is 0 Å². The first-order valence-corrected chi connectivity index (χ1v) is 4.62. The number of rotatable bonds is 8. The zero-order valence-electron chi connectivity index (χ0n) is 7.66. The van der Waals surface area contributed by atoms with E-state index in [1.54, 1.807) is 0 Å². The predicted molar refractivity (Wildman–Crippen MR) is 50.6 cm³/mol. The molecule has 0 unspecified atom stereocenters. The van der Waals surface area contributed by atoms with Gasteiger partial charge in [-0.3, -0.25) is 0 Å². The minimum atomic E-state index is 1.04. The lowest BCUT2D eigenvalue weighted by Crippen LogP contribution is -2.22. The van der Waals surface area contributed by atoms with Crippen molar-refractivity contribution >= 4 is 0 Å². The van der Waals surface area contributed by atoms with Crippen LogP contribution in [-0.4, -0.2) is 26.2 Å². The maximum atomic E-state index is 3.78. The molecule has 0 saturated heterocycles. The largest absolute Gasteiger partial charge is 0.317 e. The second-order valence-electron chi connectivity index (χ2n) is 2.66. The highest BCUT2D eigenvalue weighted by atomic mass is 14.9. The molecule has 0 heterocycles. The summed E-state index contributed by atoms with van der Waals surface area (Å²) in [5.41, 5.74) is 0. The third-order valence-corrected chi connectivity index (χ3v) is 1.56. The van der Waals surface area contributed by atoms with Gasteiger partial charge in [0.25, 0.3) is 0 Å². The number of nitrogens with one attached hydrogen (secondary N) is 2. The average molecular weight is 157 g/mol. The number of unbranched alkanes of at least 4 members (excludes halogenated alkanes) is 1. The highest BCUT2D eigenvalue weighted by Gasteiger charge is 1.86.